The van der Waals surface area contributed by atoms with Gasteiger partial charge in [-0.2, -0.15) is 0 Å². The maximum absolute atomic E-state index is 13.4. The highest BCUT2D eigenvalue weighted by Crippen LogP contribution is 2.44. The SMILES string of the molecule is CCOc1ccc(/C(O)=C2\C(=O)C(=O)N(c3ccc(Cl)cc3C)C2c2ccc(C(C)(C)C)cc2)cc1. The Morgan fingerprint density at radius 3 is 2.19 bits per heavy atom. The number of carbonyl (C=O) groups excluding carboxylic acids is 2. The molecule has 6 heteroatoms. The molecule has 1 heterocycles. The maximum atomic E-state index is 13.4. The highest BCUT2D eigenvalue weighted by Gasteiger charge is 2.47. The van der Waals surface area contributed by atoms with Gasteiger partial charge < -0.3 is 9.84 Å². The molecular formula is C30H30ClNO4. The molecule has 36 heavy (non-hydrogen) atoms. The van der Waals surface area contributed by atoms with Crippen LogP contribution in [0.2, 0.25) is 5.02 Å². The van der Waals surface area contributed by atoms with Crippen LogP contribution in [0.3, 0.4) is 0 Å². The third-order valence-corrected chi connectivity index (χ3v) is 6.63. The number of carbonyl (C=O) groups is 2. The minimum atomic E-state index is -0.800. The van der Waals surface area contributed by atoms with E-state index in [0.29, 0.717) is 28.6 Å². The summed E-state index contributed by atoms with van der Waals surface area (Å²) >= 11 is 6.17. The summed E-state index contributed by atoms with van der Waals surface area (Å²) in [7, 11) is 0. The van der Waals surface area contributed by atoms with Crippen molar-refractivity contribution in [1.82, 2.24) is 0 Å². The number of anilines is 1. The van der Waals surface area contributed by atoms with E-state index >= 15 is 0 Å². The van der Waals surface area contributed by atoms with Gasteiger partial charge in [0, 0.05) is 16.3 Å². The molecule has 5 nitrogen and oxygen atoms in total. The summed E-state index contributed by atoms with van der Waals surface area (Å²) in [4.78, 5) is 28.3. The number of halogens is 1. The number of aliphatic hydroxyl groups is 1. The van der Waals surface area contributed by atoms with E-state index in [1.165, 1.54) is 4.90 Å². The van der Waals surface area contributed by atoms with Crippen LogP contribution in [0, 0.1) is 6.92 Å². The van der Waals surface area contributed by atoms with Gasteiger partial charge in [0.25, 0.3) is 11.7 Å². The molecular weight excluding hydrogens is 474 g/mol. The molecule has 186 valence electrons. The van der Waals surface area contributed by atoms with Crippen molar-refractivity contribution in [2.75, 3.05) is 11.5 Å². The second kappa shape index (κ2) is 9.82. The third kappa shape index (κ3) is 4.76. The Hall–Kier alpha value is -3.57. The number of ketones is 1. The Balaban J connectivity index is 1.91. The van der Waals surface area contributed by atoms with E-state index in [0.717, 1.165) is 16.7 Å². The van der Waals surface area contributed by atoms with Crippen LogP contribution in [0.25, 0.3) is 5.76 Å². The minimum Gasteiger partial charge on any atom is -0.507 e. The number of hydrogen-bond acceptors (Lipinski definition) is 4. The molecule has 1 atom stereocenters. The van der Waals surface area contributed by atoms with Gasteiger partial charge in [0.15, 0.2) is 0 Å². The zero-order valence-corrected chi connectivity index (χ0v) is 21.9. The summed E-state index contributed by atoms with van der Waals surface area (Å²) in [5.41, 5.74) is 3.58. The second-order valence-electron chi connectivity index (χ2n) is 9.93. The molecule has 3 aromatic carbocycles. The van der Waals surface area contributed by atoms with Gasteiger partial charge in [-0.1, -0.05) is 56.6 Å². The van der Waals surface area contributed by atoms with Crippen LogP contribution in [-0.4, -0.2) is 23.4 Å². The summed E-state index contributed by atoms with van der Waals surface area (Å²) < 4.78 is 5.49. The topological polar surface area (TPSA) is 66.8 Å². The van der Waals surface area contributed by atoms with Gasteiger partial charge in [-0.3, -0.25) is 14.5 Å². The molecule has 3 aromatic rings. The standard InChI is InChI=1S/C30H30ClNO4/c1-6-36-23-14-9-20(10-15-23)27(33)25-26(19-7-11-21(12-8-19)30(3,4)5)32(29(35)28(25)34)24-16-13-22(31)17-18(24)2/h7-17,26,33H,6H2,1-5H3/b27-25+. The molecule has 1 aliphatic rings. The fraction of sp³-hybridized carbons (Fsp3) is 0.267. The van der Waals surface area contributed by atoms with E-state index < -0.39 is 17.7 Å². The van der Waals surface area contributed by atoms with Gasteiger partial charge >= 0.3 is 0 Å². The first-order valence-electron chi connectivity index (χ1n) is 11.9. The maximum Gasteiger partial charge on any atom is 0.300 e. The summed E-state index contributed by atoms with van der Waals surface area (Å²) in [5, 5.41) is 11.9. The highest BCUT2D eigenvalue weighted by atomic mass is 35.5. The van der Waals surface area contributed by atoms with E-state index in [1.807, 2.05) is 38.1 Å². The number of rotatable bonds is 5. The van der Waals surface area contributed by atoms with Crippen molar-refractivity contribution >= 4 is 34.7 Å². The summed E-state index contributed by atoms with van der Waals surface area (Å²) in [6.07, 6.45) is 0. The van der Waals surface area contributed by atoms with E-state index in [2.05, 4.69) is 20.8 Å². The highest BCUT2D eigenvalue weighted by molar-refractivity contribution is 6.51. The quantitative estimate of drug-likeness (QED) is 0.232. The lowest BCUT2D eigenvalue weighted by Crippen LogP contribution is -2.30. The van der Waals surface area contributed by atoms with Crippen LogP contribution >= 0.6 is 11.6 Å². The Labute approximate surface area is 217 Å². The lowest BCUT2D eigenvalue weighted by molar-refractivity contribution is -0.132. The van der Waals surface area contributed by atoms with Gasteiger partial charge in [0.05, 0.1) is 18.2 Å². The number of ether oxygens (including phenoxy) is 1. The molecule has 1 saturated heterocycles. The fourth-order valence-electron chi connectivity index (χ4n) is 4.48. The first kappa shape index (κ1) is 25.5. The number of hydrogen-bond donors (Lipinski definition) is 1. The van der Waals surface area contributed by atoms with Gasteiger partial charge in [0.1, 0.15) is 11.5 Å². The van der Waals surface area contributed by atoms with Crippen molar-refractivity contribution in [2.24, 2.45) is 0 Å². The molecule has 1 fully saturated rings. The monoisotopic (exact) mass is 503 g/mol. The van der Waals surface area contributed by atoms with Gasteiger partial charge in [0.2, 0.25) is 0 Å². The van der Waals surface area contributed by atoms with Crippen molar-refractivity contribution in [2.45, 2.75) is 46.1 Å². The van der Waals surface area contributed by atoms with Crippen LogP contribution in [0.15, 0.2) is 72.3 Å². The largest absolute Gasteiger partial charge is 0.507 e. The molecule has 0 bridgehead atoms. The molecule has 0 saturated carbocycles. The van der Waals surface area contributed by atoms with Crippen molar-refractivity contribution < 1.29 is 19.4 Å². The molecule has 0 spiro atoms. The van der Waals surface area contributed by atoms with Crippen molar-refractivity contribution in [3.05, 3.63) is 99.6 Å². The van der Waals surface area contributed by atoms with Gasteiger partial charge in [-0.25, -0.2) is 0 Å². The van der Waals surface area contributed by atoms with E-state index in [-0.39, 0.29) is 16.7 Å². The van der Waals surface area contributed by atoms with Crippen molar-refractivity contribution in [3.8, 4) is 5.75 Å². The van der Waals surface area contributed by atoms with Crippen molar-refractivity contribution in [3.63, 3.8) is 0 Å². The van der Waals surface area contributed by atoms with Crippen LogP contribution in [0.5, 0.6) is 5.75 Å². The Morgan fingerprint density at radius 1 is 1.00 bits per heavy atom. The zero-order chi connectivity index (χ0) is 26.2. The van der Waals surface area contributed by atoms with Crippen LogP contribution < -0.4 is 9.64 Å². The molecule has 1 N–H and O–H groups in total. The average Bonchev–Trinajstić information content (AvgIpc) is 3.09. The molecule has 0 radical (unpaired) electrons. The van der Waals surface area contributed by atoms with Crippen LogP contribution in [0.1, 0.15) is 56.0 Å². The van der Waals surface area contributed by atoms with Crippen LogP contribution in [0.4, 0.5) is 5.69 Å². The number of amides is 1. The second-order valence-corrected chi connectivity index (χ2v) is 10.4. The first-order valence-corrected chi connectivity index (χ1v) is 12.3. The van der Waals surface area contributed by atoms with Crippen molar-refractivity contribution in [1.29, 1.82) is 0 Å². The third-order valence-electron chi connectivity index (χ3n) is 6.39. The smallest absolute Gasteiger partial charge is 0.300 e. The molecule has 1 aliphatic heterocycles. The van der Waals surface area contributed by atoms with Gasteiger partial charge in [-0.15, -0.1) is 0 Å². The molecule has 1 amide bonds. The summed E-state index contributed by atoms with van der Waals surface area (Å²) in [6.45, 7) is 10.6. The lowest BCUT2D eigenvalue weighted by atomic mass is 9.85. The predicted molar refractivity (Wildman–Crippen MR) is 144 cm³/mol. The number of benzene rings is 3. The van der Waals surface area contributed by atoms with Crippen LogP contribution in [-0.2, 0) is 15.0 Å². The summed E-state index contributed by atoms with van der Waals surface area (Å²) in [5.74, 6) is -1.01. The molecule has 4 rings (SSSR count). The Kier molecular flexibility index (Phi) is 6.96. The van der Waals surface area contributed by atoms with E-state index in [9.17, 15) is 14.7 Å². The molecule has 1 unspecified atom stereocenters. The number of nitrogens with zero attached hydrogens (tertiary/aromatic N) is 1. The fourth-order valence-corrected chi connectivity index (χ4v) is 4.71. The minimum absolute atomic E-state index is 0.0435. The van der Waals surface area contributed by atoms with E-state index in [4.69, 9.17) is 16.3 Å². The zero-order valence-electron chi connectivity index (χ0n) is 21.1. The van der Waals surface area contributed by atoms with E-state index in [1.54, 1.807) is 42.5 Å². The molecule has 0 aliphatic carbocycles. The Morgan fingerprint density at radius 2 is 1.64 bits per heavy atom. The molecule has 0 aromatic heterocycles. The Bertz CT molecular complexity index is 1330. The number of aryl methyl sites for hydroxylation is 1. The number of aliphatic hydroxyl groups excluding tert-OH is 1. The van der Waals surface area contributed by atoms with Gasteiger partial charge in [-0.05, 0) is 78.4 Å². The normalized spacial score (nSPS) is 17.5. The first-order chi connectivity index (χ1) is 17.0. The number of Topliss-reactive ketones (excluding diaryl/α,β-unsaturated/α-hetero) is 1. The predicted octanol–water partition coefficient (Wildman–Crippen LogP) is 6.97. The average molecular weight is 504 g/mol. The summed E-state index contributed by atoms with van der Waals surface area (Å²) in [6, 6.07) is 19.0. The lowest BCUT2D eigenvalue weighted by Gasteiger charge is -2.28.